The third-order valence-electron chi connectivity index (χ3n) is 5.57. The fourth-order valence-electron chi connectivity index (χ4n) is 4.14. The van der Waals surface area contributed by atoms with E-state index in [1.165, 1.54) is 9.13 Å². The van der Waals surface area contributed by atoms with Crippen molar-refractivity contribution in [1.82, 2.24) is 18.7 Å². The van der Waals surface area contributed by atoms with Gasteiger partial charge in [-0.3, -0.25) is 13.9 Å². The standard InChI is InChI=1S/C21H27N5O4/c1-6-9-24-19(27)17-18(23(3)21(24)28)22-20-25(11-13(2)12-26(17)20)15-8-7-14(29-4)10-16(15)30-5/h7-8,10,13H,6,9,11-12H2,1-5H3. The predicted molar refractivity (Wildman–Crippen MR) is 115 cm³/mol. The Morgan fingerprint density at radius 2 is 1.93 bits per heavy atom. The van der Waals surface area contributed by atoms with Gasteiger partial charge in [0.1, 0.15) is 11.5 Å². The fraction of sp³-hybridized carbons (Fsp3) is 0.476. The van der Waals surface area contributed by atoms with E-state index < -0.39 is 0 Å². The van der Waals surface area contributed by atoms with Crippen molar-refractivity contribution in [3.63, 3.8) is 0 Å². The maximum Gasteiger partial charge on any atom is 0.332 e. The normalized spacial score (nSPS) is 16.0. The molecule has 3 aromatic rings. The van der Waals surface area contributed by atoms with Crippen molar-refractivity contribution in [2.45, 2.75) is 33.4 Å². The molecule has 3 heterocycles. The molecule has 1 aliphatic rings. The van der Waals surface area contributed by atoms with Crippen LogP contribution in [-0.4, -0.2) is 39.4 Å². The molecular weight excluding hydrogens is 386 g/mol. The second-order valence-corrected chi connectivity index (χ2v) is 7.75. The maximum atomic E-state index is 13.2. The Kier molecular flexibility index (Phi) is 5.05. The summed E-state index contributed by atoms with van der Waals surface area (Å²) >= 11 is 0. The molecule has 0 N–H and O–H groups in total. The van der Waals surface area contributed by atoms with E-state index >= 15 is 0 Å². The second kappa shape index (κ2) is 7.55. The van der Waals surface area contributed by atoms with Crippen LogP contribution in [0.15, 0.2) is 27.8 Å². The highest BCUT2D eigenvalue weighted by Crippen LogP contribution is 2.39. The third kappa shape index (κ3) is 2.96. The summed E-state index contributed by atoms with van der Waals surface area (Å²) in [6.07, 6.45) is 0.702. The van der Waals surface area contributed by atoms with E-state index in [2.05, 4.69) is 6.92 Å². The monoisotopic (exact) mass is 413 g/mol. The minimum Gasteiger partial charge on any atom is -0.497 e. The Morgan fingerprint density at radius 1 is 1.17 bits per heavy atom. The Hall–Kier alpha value is -3.23. The van der Waals surface area contributed by atoms with Crippen molar-refractivity contribution >= 4 is 22.8 Å². The number of aromatic nitrogens is 4. The molecule has 2 aromatic heterocycles. The first-order valence-electron chi connectivity index (χ1n) is 10.1. The summed E-state index contributed by atoms with van der Waals surface area (Å²) in [5.41, 5.74) is 1.07. The van der Waals surface area contributed by atoms with Gasteiger partial charge in [-0.15, -0.1) is 0 Å². The van der Waals surface area contributed by atoms with Gasteiger partial charge in [-0.1, -0.05) is 13.8 Å². The number of anilines is 2. The largest absolute Gasteiger partial charge is 0.497 e. The summed E-state index contributed by atoms with van der Waals surface area (Å²) in [5, 5.41) is 0. The lowest BCUT2D eigenvalue weighted by Gasteiger charge is -2.33. The zero-order chi connectivity index (χ0) is 21.6. The van der Waals surface area contributed by atoms with E-state index in [0.717, 1.165) is 5.69 Å². The Morgan fingerprint density at radius 3 is 2.60 bits per heavy atom. The van der Waals surface area contributed by atoms with E-state index in [1.807, 2.05) is 34.6 Å². The molecule has 0 spiro atoms. The minimum absolute atomic E-state index is 0.262. The summed E-state index contributed by atoms with van der Waals surface area (Å²) in [4.78, 5) is 32.7. The highest BCUT2D eigenvalue weighted by atomic mass is 16.5. The van der Waals surface area contributed by atoms with Gasteiger partial charge in [0, 0.05) is 32.7 Å². The van der Waals surface area contributed by atoms with Gasteiger partial charge in [-0.25, -0.2) is 4.79 Å². The van der Waals surface area contributed by atoms with Gasteiger partial charge in [0.15, 0.2) is 11.2 Å². The van der Waals surface area contributed by atoms with Gasteiger partial charge in [0.2, 0.25) is 5.95 Å². The first kappa shape index (κ1) is 20.1. The number of hydrogen-bond acceptors (Lipinski definition) is 6. The number of fused-ring (bicyclic) bond motifs is 3. The number of ether oxygens (including phenoxy) is 2. The van der Waals surface area contributed by atoms with Gasteiger partial charge in [0.25, 0.3) is 5.56 Å². The number of methoxy groups -OCH3 is 2. The lowest BCUT2D eigenvalue weighted by atomic mass is 10.1. The van der Waals surface area contributed by atoms with E-state index in [0.29, 0.717) is 54.7 Å². The van der Waals surface area contributed by atoms with Crippen molar-refractivity contribution in [2.75, 3.05) is 25.7 Å². The van der Waals surface area contributed by atoms with Crippen LogP contribution in [0.1, 0.15) is 20.3 Å². The molecule has 1 atom stereocenters. The zero-order valence-electron chi connectivity index (χ0n) is 18.0. The SMILES string of the molecule is CCCn1c(=O)c2c(nc3n2CC(C)CN3c2ccc(OC)cc2OC)n(C)c1=O. The number of nitrogens with zero attached hydrogens (tertiary/aromatic N) is 5. The maximum absolute atomic E-state index is 13.2. The molecule has 0 amide bonds. The van der Waals surface area contributed by atoms with Crippen LogP contribution in [0.4, 0.5) is 11.6 Å². The van der Waals surface area contributed by atoms with Crippen LogP contribution in [-0.2, 0) is 20.1 Å². The van der Waals surface area contributed by atoms with Crippen molar-refractivity contribution < 1.29 is 9.47 Å². The van der Waals surface area contributed by atoms with Crippen LogP contribution in [0, 0.1) is 5.92 Å². The van der Waals surface area contributed by atoms with Gasteiger partial charge >= 0.3 is 5.69 Å². The van der Waals surface area contributed by atoms with E-state index in [4.69, 9.17) is 14.5 Å². The van der Waals surface area contributed by atoms with Gasteiger partial charge in [-0.05, 0) is 24.5 Å². The summed E-state index contributed by atoms with van der Waals surface area (Å²) < 4.78 is 15.6. The van der Waals surface area contributed by atoms with Crippen molar-refractivity contribution in [3.8, 4) is 11.5 Å². The van der Waals surface area contributed by atoms with E-state index in [9.17, 15) is 9.59 Å². The van der Waals surface area contributed by atoms with Gasteiger partial charge in [-0.2, -0.15) is 4.98 Å². The number of benzene rings is 1. The number of aryl methyl sites for hydroxylation is 1. The molecule has 0 bridgehead atoms. The Balaban J connectivity index is 1.99. The molecule has 9 nitrogen and oxygen atoms in total. The van der Waals surface area contributed by atoms with Crippen molar-refractivity contribution in [3.05, 3.63) is 39.0 Å². The first-order valence-corrected chi connectivity index (χ1v) is 10.1. The Bertz CT molecular complexity index is 1220. The summed E-state index contributed by atoms with van der Waals surface area (Å²) in [5.74, 6) is 2.24. The second-order valence-electron chi connectivity index (χ2n) is 7.75. The smallest absolute Gasteiger partial charge is 0.332 e. The summed E-state index contributed by atoms with van der Waals surface area (Å²) in [7, 11) is 4.89. The molecule has 0 saturated carbocycles. The molecule has 0 aliphatic carbocycles. The highest BCUT2D eigenvalue weighted by molar-refractivity contribution is 5.78. The average Bonchev–Trinajstić information content (AvgIpc) is 3.13. The Labute approximate surface area is 174 Å². The van der Waals surface area contributed by atoms with Crippen molar-refractivity contribution in [2.24, 2.45) is 13.0 Å². The molecule has 4 rings (SSSR count). The molecule has 9 heteroatoms. The quantitative estimate of drug-likeness (QED) is 0.637. The molecule has 30 heavy (non-hydrogen) atoms. The minimum atomic E-state index is -0.341. The van der Waals surface area contributed by atoms with E-state index in [1.54, 1.807) is 21.3 Å². The number of hydrogen-bond donors (Lipinski definition) is 0. The van der Waals surface area contributed by atoms with Crippen LogP contribution in [0.5, 0.6) is 11.5 Å². The molecule has 1 unspecified atom stereocenters. The lowest BCUT2D eigenvalue weighted by molar-refractivity contribution is 0.392. The van der Waals surface area contributed by atoms with E-state index in [-0.39, 0.29) is 17.2 Å². The van der Waals surface area contributed by atoms with Crippen LogP contribution >= 0.6 is 0 Å². The number of rotatable bonds is 5. The zero-order valence-corrected chi connectivity index (χ0v) is 18.0. The first-order chi connectivity index (χ1) is 14.4. The molecule has 0 saturated heterocycles. The highest BCUT2D eigenvalue weighted by Gasteiger charge is 2.31. The fourth-order valence-corrected chi connectivity index (χ4v) is 4.14. The van der Waals surface area contributed by atoms with Crippen molar-refractivity contribution in [1.29, 1.82) is 0 Å². The molecule has 0 fully saturated rings. The molecule has 160 valence electrons. The summed E-state index contributed by atoms with van der Waals surface area (Å²) in [6.45, 7) is 5.82. The van der Waals surface area contributed by atoms with Crippen LogP contribution in [0.3, 0.4) is 0 Å². The topological polar surface area (TPSA) is 83.5 Å². The lowest BCUT2D eigenvalue weighted by Crippen LogP contribution is -2.40. The van der Waals surface area contributed by atoms with Crippen LogP contribution < -0.4 is 25.6 Å². The number of imidazole rings is 1. The molecule has 1 aromatic carbocycles. The van der Waals surface area contributed by atoms with Crippen LogP contribution in [0.25, 0.3) is 11.2 Å². The molecular formula is C21H27N5O4. The third-order valence-corrected chi connectivity index (χ3v) is 5.57. The summed E-state index contributed by atoms with van der Waals surface area (Å²) in [6, 6.07) is 5.62. The average molecular weight is 413 g/mol. The molecule has 0 radical (unpaired) electrons. The van der Waals surface area contributed by atoms with Crippen LogP contribution in [0.2, 0.25) is 0 Å². The predicted octanol–water partition coefficient (Wildman–Crippen LogP) is 2.11. The van der Waals surface area contributed by atoms with Gasteiger partial charge in [0.05, 0.1) is 19.9 Å². The molecule has 1 aliphatic heterocycles. The van der Waals surface area contributed by atoms with Gasteiger partial charge < -0.3 is 18.9 Å².